The summed E-state index contributed by atoms with van der Waals surface area (Å²) in [6, 6.07) is 1.24. The maximum atomic E-state index is 13.2. The zero-order valence-corrected chi connectivity index (χ0v) is 8.82. The molecule has 2 rings (SSSR count). The fourth-order valence-corrected chi connectivity index (χ4v) is 1.93. The Labute approximate surface area is 88.3 Å². The van der Waals surface area contributed by atoms with Crippen molar-refractivity contribution in [2.24, 2.45) is 0 Å². The van der Waals surface area contributed by atoms with Crippen LogP contribution in [0, 0.1) is 5.82 Å². The van der Waals surface area contributed by atoms with Gasteiger partial charge in [-0.25, -0.2) is 4.39 Å². The average Bonchev–Trinajstić information content (AvgIpc) is 2.15. The predicted octanol–water partition coefficient (Wildman–Crippen LogP) is 3.69. The van der Waals surface area contributed by atoms with Crippen LogP contribution in [0.3, 0.4) is 0 Å². The lowest BCUT2D eigenvalue weighted by Crippen LogP contribution is -1.99. The molecule has 1 nitrogen and oxygen atoms in total. The molecule has 1 aromatic carbocycles. The molecule has 0 aromatic heterocycles. The van der Waals surface area contributed by atoms with E-state index in [2.05, 4.69) is 15.9 Å². The molecule has 1 heterocycles. The summed E-state index contributed by atoms with van der Waals surface area (Å²) >= 11 is 8.95. The van der Waals surface area contributed by atoms with E-state index >= 15 is 0 Å². The van der Waals surface area contributed by atoms with E-state index in [0.717, 1.165) is 5.56 Å². The predicted molar refractivity (Wildman–Crippen MR) is 52.6 cm³/mol. The summed E-state index contributed by atoms with van der Waals surface area (Å²) in [7, 11) is 0. The molecule has 0 aliphatic carbocycles. The molecule has 1 aliphatic heterocycles. The van der Waals surface area contributed by atoms with Crippen LogP contribution in [0.5, 0.6) is 5.75 Å². The molecule has 0 fully saturated rings. The Morgan fingerprint density at radius 3 is 3.08 bits per heavy atom. The minimum absolute atomic E-state index is 0.306. The summed E-state index contributed by atoms with van der Waals surface area (Å²) in [4.78, 5) is 0. The van der Waals surface area contributed by atoms with Crippen molar-refractivity contribution >= 4 is 27.5 Å². The highest BCUT2D eigenvalue weighted by atomic mass is 79.9. The first-order chi connectivity index (χ1) is 6.20. The van der Waals surface area contributed by atoms with Gasteiger partial charge in [0.2, 0.25) is 0 Å². The van der Waals surface area contributed by atoms with Gasteiger partial charge in [0.15, 0.2) is 0 Å². The number of halogens is 3. The van der Waals surface area contributed by atoms with Crippen molar-refractivity contribution in [3.05, 3.63) is 39.3 Å². The third kappa shape index (κ3) is 1.46. The molecule has 4 heteroatoms. The third-order valence-electron chi connectivity index (χ3n) is 1.82. The third-order valence-corrected chi connectivity index (χ3v) is 2.96. The van der Waals surface area contributed by atoms with Crippen LogP contribution in [0.2, 0.25) is 5.02 Å². The Morgan fingerprint density at radius 1 is 1.54 bits per heavy atom. The summed E-state index contributed by atoms with van der Waals surface area (Å²) in [6.45, 7) is 0. The number of hydrogen-bond acceptors (Lipinski definition) is 1. The molecule has 0 amide bonds. The Morgan fingerprint density at radius 2 is 2.31 bits per heavy atom. The topological polar surface area (TPSA) is 9.23 Å². The van der Waals surface area contributed by atoms with E-state index in [-0.39, 0.29) is 5.82 Å². The Bertz CT molecular complexity index is 390. The molecule has 0 saturated heterocycles. The molecule has 13 heavy (non-hydrogen) atoms. The fraction of sp³-hybridized carbons (Fsp3) is 0.111. The van der Waals surface area contributed by atoms with Crippen molar-refractivity contribution in [1.29, 1.82) is 0 Å². The van der Waals surface area contributed by atoms with Crippen LogP contribution in [0.25, 0.3) is 0 Å². The Balaban J connectivity index is 2.66. The van der Waals surface area contributed by atoms with Gasteiger partial charge < -0.3 is 4.74 Å². The van der Waals surface area contributed by atoms with Crippen LogP contribution < -0.4 is 4.74 Å². The van der Waals surface area contributed by atoms with E-state index in [1.165, 1.54) is 6.07 Å². The summed E-state index contributed by atoms with van der Waals surface area (Å²) < 4.78 is 18.8. The number of rotatable bonds is 0. The molecule has 0 saturated carbocycles. The molecule has 1 aliphatic rings. The molecule has 0 radical (unpaired) electrons. The maximum Gasteiger partial charge on any atom is 0.149 e. The van der Waals surface area contributed by atoms with E-state index in [4.69, 9.17) is 16.3 Å². The minimum Gasteiger partial charge on any atom is -0.463 e. The van der Waals surface area contributed by atoms with Gasteiger partial charge in [0.05, 0.1) is 15.8 Å². The Kier molecular flexibility index (Phi) is 2.30. The SMILES string of the molecule is Fc1cc(Cl)c2c(c1Br)CC=CO2. The first-order valence-corrected chi connectivity index (χ1v) is 4.85. The zero-order valence-electron chi connectivity index (χ0n) is 6.48. The van der Waals surface area contributed by atoms with E-state index in [1.54, 1.807) is 6.26 Å². The van der Waals surface area contributed by atoms with Crippen molar-refractivity contribution in [2.75, 3.05) is 0 Å². The number of benzene rings is 1. The van der Waals surface area contributed by atoms with Crippen molar-refractivity contribution < 1.29 is 9.13 Å². The van der Waals surface area contributed by atoms with Crippen molar-refractivity contribution in [2.45, 2.75) is 6.42 Å². The maximum absolute atomic E-state index is 13.2. The highest BCUT2D eigenvalue weighted by Crippen LogP contribution is 2.38. The van der Waals surface area contributed by atoms with Crippen LogP contribution in [-0.4, -0.2) is 0 Å². The second-order valence-electron chi connectivity index (χ2n) is 2.66. The summed E-state index contributed by atoms with van der Waals surface area (Å²) in [5.41, 5.74) is 0.757. The van der Waals surface area contributed by atoms with Gasteiger partial charge in [-0.1, -0.05) is 11.6 Å². The summed E-state index contributed by atoms with van der Waals surface area (Å²) in [5, 5.41) is 0.306. The van der Waals surface area contributed by atoms with Crippen LogP contribution >= 0.6 is 27.5 Å². The standard InChI is InChI=1S/C9H5BrClFO/c10-8-5-2-1-3-13-9(5)6(11)4-7(8)12/h1,3-4H,2H2. The van der Waals surface area contributed by atoms with Crippen molar-refractivity contribution in [3.8, 4) is 5.75 Å². The van der Waals surface area contributed by atoms with E-state index < -0.39 is 0 Å². The van der Waals surface area contributed by atoms with Crippen LogP contribution in [0.4, 0.5) is 4.39 Å². The lowest BCUT2D eigenvalue weighted by atomic mass is 10.1. The monoisotopic (exact) mass is 262 g/mol. The largest absolute Gasteiger partial charge is 0.463 e. The van der Waals surface area contributed by atoms with Crippen molar-refractivity contribution in [1.82, 2.24) is 0 Å². The Hall–Kier alpha value is -0.540. The van der Waals surface area contributed by atoms with E-state index in [9.17, 15) is 4.39 Å². The molecule has 1 aromatic rings. The van der Waals surface area contributed by atoms with Gasteiger partial charge in [-0.2, -0.15) is 0 Å². The first kappa shape index (κ1) is 9.03. The smallest absolute Gasteiger partial charge is 0.149 e. The lowest BCUT2D eigenvalue weighted by Gasteiger charge is -2.15. The molecule has 0 N–H and O–H groups in total. The van der Waals surface area contributed by atoms with E-state index in [0.29, 0.717) is 21.7 Å². The van der Waals surface area contributed by atoms with Gasteiger partial charge in [0.25, 0.3) is 0 Å². The van der Waals surface area contributed by atoms with Crippen LogP contribution in [-0.2, 0) is 6.42 Å². The number of ether oxygens (including phenoxy) is 1. The molecule has 0 atom stereocenters. The average molecular weight is 263 g/mol. The van der Waals surface area contributed by atoms with Gasteiger partial charge in [-0.3, -0.25) is 0 Å². The van der Waals surface area contributed by atoms with Crippen LogP contribution in [0.1, 0.15) is 5.56 Å². The van der Waals surface area contributed by atoms with Gasteiger partial charge in [0.1, 0.15) is 11.6 Å². The molecular weight excluding hydrogens is 258 g/mol. The van der Waals surface area contributed by atoms with E-state index in [1.807, 2.05) is 6.08 Å². The minimum atomic E-state index is -0.359. The van der Waals surface area contributed by atoms with Crippen molar-refractivity contribution in [3.63, 3.8) is 0 Å². The molecule has 68 valence electrons. The highest BCUT2D eigenvalue weighted by molar-refractivity contribution is 9.10. The van der Waals surface area contributed by atoms with Gasteiger partial charge in [0, 0.05) is 5.56 Å². The zero-order chi connectivity index (χ0) is 9.42. The quantitative estimate of drug-likeness (QED) is 0.649. The molecular formula is C9H5BrClFO. The molecule has 0 spiro atoms. The molecule has 0 unspecified atom stereocenters. The first-order valence-electron chi connectivity index (χ1n) is 3.68. The number of fused-ring (bicyclic) bond motifs is 1. The lowest BCUT2D eigenvalue weighted by molar-refractivity contribution is 0.461. The number of hydrogen-bond donors (Lipinski definition) is 0. The highest BCUT2D eigenvalue weighted by Gasteiger charge is 2.17. The second kappa shape index (κ2) is 3.31. The normalized spacial score (nSPS) is 13.8. The van der Waals surface area contributed by atoms with Gasteiger partial charge in [-0.05, 0) is 34.5 Å². The number of allylic oxidation sites excluding steroid dienone is 1. The van der Waals surface area contributed by atoms with Gasteiger partial charge >= 0.3 is 0 Å². The fourth-order valence-electron chi connectivity index (χ4n) is 1.22. The van der Waals surface area contributed by atoms with Gasteiger partial charge in [-0.15, -0.1) is 0 Å². The summed E-state index contributed by atoms with van der Waals surface area (Å²) in [5.74, 6) is 0.181. The molecule has 0 bridgehead atoms. The van der Waals surface area contributed by atoms with Crippen LogP contribution in [0.15, 0.2) is 22.9 Å². The summed E-state index contributed by atoms with van der Waals surface area (Å²) in [6.07, 6.45) is 3.99. The second-order valence-corrected chi connectivity index (χ2v) is 3.86.